The molecule has 2 aromatic heterocycles. The Morgan fingerprint density at radius 1 is 1.09 bits per heavy atom. The maximum Gasteiger partial charge on any atom is 0.243 e. The van der Waals surface area contributed by atoms with Gasteiger partial charge in [-0.25, -0.2) is 22.8 Å². The van der Waals surface area contributed by atoms with E-state index in [2.05, 4.69) is 9.55 Å². The van der Waals surface area contributed by atoms with Crippen LogP contribution < -0.4 is 4.74 Å². The van der Waals surface area contributed by atoms with Crippen LogP contribution in [0.25, 0.3) is 22.6 Å². The number of ether oxygens (including phenoxy) is 1. The third-order valence-corrected chi connectivity index (χ3v) is 8.34. The number of halogens is 2. The summed E-state index contributed by atoms with van der Waals surface area (Å²) in [5.74, 6) is 0.000816. The lowest BCUT2D eigenvalue weighted by Gasteiger charge is -2.32. The minimum Gasteiger partial charge on any atom is -0.494 e. The molecule has 1 aliphatic rings. The fraction of sp³-hybridized carbons (Fsp3) is 0.250. The monoisotopic (exact) mass is 500 g/mol. The van der Waals surface area contributed by atoms with E-state index in [-0.39, 0.29) is 29.8 Å². The normalized spacial score (nSPS) is 15.6. The van der Waals surface area contributed by atoms with Crippen LogP contribution in [-0.4, -0.2) is 47.5 Å². The Labute approximate surface area is 201 Å². The van der Waals surface area contributed by atoms with Crippen molar-refractivity contribution < 1.29 is 17.5 Å². The van der Waals surface area contributed by atoms with E-state index in [0.717, 1.165) is 22.8 Å². The van der Waals surface area contributed by atoms with E-state index in [1.54, 1.807) is 6.20 Å². The van der Waals surface area contributed by atoms with Gasteiger partial charge in [-0.3, -0.25) is 0 Å². The van der Waals surface area contributed by atoms with Crippen molar-refractivity contribution in [2.24, 2.45) is 0 Å². The van der Waals surface area contributed by atoms with E-state index < -0.39 is 15.8 Å². The van der Waals surface area contributed by atoms with Crippen LogP contribution in [0.15, 0.2) is 65.7 Å². The number of benzene rings is 2. The van der Waals surface area contributed by atoms with Gasteiger partial charge in [0.25, 0.3) is 0 Å². The number of rotatable bonds is 5. The van der Waals surface area contributed by atoms with Crippen LogP contribution in [0.2, 0.25) is 5.02 Å². The molecule has 1 aliphatic heterocycles. The highest BCUT2D eigenvalue weighted by Gasteiger charge is 2.32. The molecule has 0 spiro atoms. The van der Waals surface area contributed by atoms with E-state index in [9.17, 15) is 12.8 Å². The van der Waals surface area contributed by atoms with E-state index >= 15 is 0 Å². The van der Waals surface area contributed by atoms with Crippen molar-refractivity contribution in [3.63, 3.8) is 0 Å². The van der Waals surface area contributed by atoms with Gasteiger partial charge in [0.1, 0.15) is 11.3 Å². The van der Waals surface area contributed by atoms with Crippen molar-refractivity contribution in [1.82, 2.24) is 18.8 Å². The standard InChI is InChI=1S/C24H22ClFN4O3S/c1-33-22-9-8-17(15-20(22)26)34(31,32)29-13-10-16(11-14-29)30-23(18-5-2-3-6-19(18)25)28-21-7-4-12-27-24(21)30/h2-9,12,15-16H,10-11,13-14H2,1H3. The Hall–Kier alpha value is -3.01. The zero-order chi connectivity index (χ0) is 23.9. The third-order valence-electron chi connectivity index (χ3n) is 6.11. The molecule has 10 heteroatoms. The second-order valence-corrected chi connectivity index (χ2v) is 10.4. The van der Waals surface area contributed by atoms with Gasteiger partial charge in [0.2, 0.25) is 10.0 Å². The van der Waals surface area contributed by atoms with Gasteiger partial charge in [-0.15, -0.1) is 0 Å². The predicted molar refractivity (Wildman–Crippen MR) is 128 cm³/mol. The molecule has 1 fully saturated rings. The Balaban J connectivity index is 1.45. The first-order valence-corrected chi connectivity index (χ1v) is 12.6. The second kappa shape index (κ2) is 8.98. The maximum absolute atomic E-state index is 14.1. The first kappa shape index (κ1) is 22.8. The number of fused-ring (bicyclic) bond motifs is 1. The van der Waals surface area contributed by atoms with Crippen LogP contribution in [0.4, 0.5) is 4.39 Å². The molecule has 176 valence electrons. The van der Waals surface area contributed by atoms with E-state index in [4.69, 9.17) is 21.3 Å². The van der Waals surface area contributed by atoms with Gasteiger partial charge in [-0.05, 0) is 55.3 Å². The fourth-order valence-electron chi connectivity index (χ4n) is 4.41. The molecule has 0 amide bonds. The highest BCUT2D eigenvalue weighted by atomic mass is 35.5. The van der Waals surface area contributed by atoms with Crippen LogP contribution in [0, 0.1) is 5.82 Å². The van der Waals surface area contributed by atoms with Gasteiger partial charge >= 0.3 is 0 Å². The maximum atomic E-state index is 14.1. The van der Waals surface area contributed by atoms with Crippen molar-refractivity contribution in [2.75, 3.05) is 20.2 Å². The molecule has 0 unspecified atom stereocenters. The number of pyridine rings is 1. The average molecular weight is 501 g/mol. The molecule has 34 heavy (non-hydrogen) atoms. The van der Waals surface area contributed by atoms with E-state index in [1.165, 1.54) is 23.5 Å². The summed E-state index contributed by atoms with van der Waals surface area (Å²) in [6.07, 6.45) is 2.82. The van der Waals surface area contributed by atoms with Crippen LogP contribution in [0.5, 0.6) is 5.75 Å². The molecule has 0 radical (unpaired) electrons. The number of aromatic nitrogens is 3. The Morgan fingerprint density at radius 3 is 2.56 bits per heavy atom. The molecule has 7 nitrogen and oxygen atoms in total. The third kappa shape index (κ3) is 3.93. The van der Waals surface area contributed by atoms with Crippen molar-refractivity contribution in [3.05, 3.63) is 71.6 Å². The predicted octanol–water partition coefficient (Wildman–Crippen LogP) is 4.93. The molecule has 0 atom stereocenters. The SMILES string of the molecule is COc1ccc(S(=O)(=O)N2CCC(n3c(-c4ccccc4Cl)nc4cccnc43)CC2)cc1F. The van der Waals surface area contributed by atoms with Crippen LogP contribution in [0.3, 0.4) is 0 Å². The Bertz CT molecular complexity index is 1470. The van der Waals surface area contributed by atoms with Gasteiger partial charge in [0, 0.05) is 30.9 Å². The first-order chi connectivity index (χ1) is 16.4. The zero-order valence-corrected chi connectivity index (χ0v) is 19.9. The molecule has 5 rings (SSSR count). The lowest BCUT2D eigenvalue weighted by molar-refractivity contribution is 0.278. The first-order valence-electron chi connectivity index (χ1n) is 10.8. The summed E-state index contributed by atoms with van der Waals surface area (Å²) in [5, 5.41) is 0.584. The van der Waals surface area contributed by atoms with Crippen LogP contribution >= 0.6 is 11.6 Å². The summed E-state index contributed by atoms with van der Waals surface area (Å²) < 4.78 is 48.8. The summed E-state index contributed by atoms with van der Waals surface area (Å²) in [7, 11) is -2.50. The zero-order valence-electron chi connectivity index (χ0n) is 18.4. The molecule has 0 bridgehead atoms. The summed E-state index contributed by atoms with van der Waals surface area (Å²) in [5.41, 5.74) is 2.28. The molecule has 2 aromatic carbocycles. The largest absolute Gasteiger partial charge is 0.494 e. The molecule has 1 saturated heterocycles. The van der Waals surface area contributed by atoms with Crippen molar-refractivity contribution in [1.29, 1.82) is 0 Å². The second-order valence-electron chi connectivity index (χ2n) is 8.06. The minimum absolute atomic E-state index is 0.00393. The average Bonchev–Trinajstić information content (AvgIpc) is 3.23. The van der Waals surface area contributed by atoms with Gasteiger partial charge < -0.3 is 9.30 Å². The highest BCUT2D eigenvalue weighted by molar-refractivity contribution is 7.89. The number of piperidine rings is 1. The molecular formula is C24H22ClFN4O3S. The fourth-order valence-corrected chi connectivity index (χ4v) is 6.11. The number of hydrogen-bond acceptors (Lipinski definition) is 5. The smallest absolute Gasteiger partial charge is 0.243 e. The van der Waals surface area contributed by atoms with Gasteiger partial charge in [0.05, 0.1) is 17.0 Å². The van der Waals surface area contributed by atoms with Crippen molar-refractivity contribution in [3.8, 4) is 17.1 Å². The number of imidazole rings is 1. The summed E-state index contributed by atoms with van der Waals surface area (Å²) in [4.78, 5) is 9.25. The quantitative estimate of drug-likeness (QED) is 0.388. The minimum atomic E-state index is -3.84. The number of sulfonamides is 1. The number of nitrogens with zero attached hydrogens (tertiary/aromatic N) is 4. The van der Waals surface area contributed by atoms with E-state index in [0.29, 0.717) is 23.7 Å². The topological polar surface area (TPSA) is 77.3 Å². The van der Waals surface area contributed by atoms with Gasteiger partial charge in [0.15, 0.2) is 17.2 Å². The lowest BCUT2D eigenvalue weighted by Crippen LogP contribution is -2.39. The lowest BCUT2D eigenvalue weighted by atomic mass is 10.1. The molecular weight excluding hydrogens is 479 g/mol. The van der Waals surface area contributed by atoms with Gasteiger partial charge in [-0.1, -0.05) is 23.7 Å². The summed E-state index contributed by atoms with van der Waals surface area (Å²) >= 11 is 6.48. The number of methoxy groups -OCH3 is 1. The number of hydrogen-bond donors (Lipinski definition) is 0. The highest BCUT2D eigenvalue weighted by Crippen LogP contribution is 2.36. The van der Waals surface area contributed by atoms with Crippen molar-refractivity contribution >= 4 is 32.8 Å². The molecule has 0 saturated carbocycles. The van der Waals surface area contributed by atoms with Crippen LogP contribution in [-0.2, 0) is 10.0 Å². The Morgan fingerprint density at radius 2 is 1.85 bits per heavy atom. The van der Waals surface area contributed by atoms with Crippen LogP contribution in [0.1, 0.15) is 18.9 Å². The van der Waals surface area contributed by atoms with E-state index in [1.807, 2.05) is 36.4 Å². The molecule has 0 N–H and O–H groups in total. The molecule has 0 aliphatic carbocycles. The molecule has 4 aromatic rings. The summed E-state index contributed by atoms with van der Waals surface area (Å²) in [6, 6.07) is 14.9. The Kier molecular flexibility index (Phi) is 6.01. The van der Waals surface area contributed by atoms with Crippen molar-refractivity contribution in [2.45, 2.75) is 23.8 Å². The summed E-state index contributed by atoms with van der Waals surface area (Å²) in [6.45, 7) is 0.574. The molecule has 3 heterocycles. The van der Waals surface area contributed by atoms with Gasteiger partial charge in [-0.2, -0.15) is 4.31 Å².